The predicted molar refractivity (Wildman–Crippen MR) is 82.8 cm³/mol. The number of anilines is 2. The molecule has 8 heteroatoms. The SMILES string of the molecule is CCC(N(CC)c1ncc(-c2cccc(N)n2)cn1)C(F)(F)F. The van der Waals surface area contributed by atoms with Crippen LogP contribution in [-0.2, 0) is 0 Å². The average molecular weight is 325 g/mol. The first-order valence-corrected chi connectivity index (χ1v) is 7.25. The van der Waals surface area contributed by atoms with E-state index in [9.17, 15) is 13.2 Å². The number of nitrogens with zero attached hydrogens (tertiary/aromatic N) is 4. The molecule has 2 rings (SSSR count). The third kappa shape index (κ3) is 3.88. The molecule has 0 aliphatic heterocycles. The Kier molecular flexibility index (Phi) is 5.02. The Balaban J connectivity index is 2.30. The number of rotatable bonds is 5. The third-order valence-corrected chi connectivity index (χ3v) is 3.44. The summed E-state index contributed by atoms with van der Waals surface area (Å²) in [6.07, 6.45) is -1.49. The Labute approximate surface area is 132 Å². The van der Waals surface area contributed by atoms with Crippen molar-refractivity contribution in [1.82, 2.24) is 15.0 Å². The van der Waals surface area contributed by atoms with Gasteiger partial charge in [0.1, 0.15) is 11.9 Å². The molecule has 0 amide bonds. The molecule has 2 aromatic rings. The van der Waals surface area contributed by atoms with Gasteiger partial charge in [-0.05, 0) is 25.5 Å². The van der Waals surface area contributed by atoms with Crippen LogP contribution in [0, 0.1) is 0 Å². The van der Waals surface area contributed by atoms with E-state index in [4.69, 9.17) is 5.73 Å². The van der Waals surface area contributed by atoms with E-state index in [1.54, 1.807) is 25.1 Å². The van der Waals surface area contributed by atoms with Gasteiger partial charge in [-0.15, -0.1) is 0 Å². The lowest BCUT2D eigenvalue weighted by atomic mass is 10.2. The Morgan fingerprint density at radius 1 is 1.17 bits per heavy atom. The van der Waals surface area contributed by atoms with E-state index in [-0.39, 0.29) is 18.9 Å². The molecular formula is C15H18F3N5. The van der Waals surface area contributed by atoms with Crippen LogP contribution >= 0.6 is 0 Å². The number of hydrogen-bond donors (Lipinski definition) is 1. The Bertz CT molecular complexity index is 642. The van der Waals surface area contributed by atoms with E-state index >= 15 is 0 Å². The summed E-state index contributed by atoms with van der Waals surface area (Å²) >= 11 is 0. The van der Waals surface area contributed by atoms with E-state index < -0.39 is 12.2 Å². The summed E-state index contributed by atoms with van der Waals surface area (Å²) in [6.45, 7) is 3.30. The van der Waals surface area contributed by atoms with Crippen molar-refractivity contribution in [2.75, 3.05) is 17.2 Å². The molecule has 0 saturated carbocycles. The van der Waals surface area contributed by atoms with Crippen LogP contribution in [0.15, 0.2) is 30.6 Å². The molecule has 0 radical (unpaired) electrons. The van der Waals surface area contributed by atoms with Gasteiger partial charge in [0.05, 0.1) is 5.69 Å². The summed E-state index contributed by atoms with van der Waals surface area (Å²) in [7, 11) is 0. The van der Waals surface area contributed by atoms with Crippen LogP contribution in [0.25, 0.3) is 11.3 Å². The molecule has 0 fully saturated rings. The first kappa shape index (κ1) is 17.0. The summed E-state index contributed by atoms with van der Waals surface area (Å²) < 4.78 is 39.3. The highest BCUT2D eigenvalue weighted by molar-refractivity contribution is 5.59. The average Bonchev–Trinajstić information content (AvgIpc) is 2.51. The fourth-order valence-corrected chi connectivity index (χ4v) is 2.34. The second kappa shape index (κ2) is 6.80. The van der Waals surface area contributed by atoms with E-state index in [2.05, 4.69) is 15.0 Å². The molecule has 2 N–H and O–H groups in total. The number of halogens is 3. The lowest BCUT2D eigenvalue weighted by Gasteiger charge is -2.31. The van der Waals surface area contributed by atoms with E-state index in [0.717, 1.165) is 4.90 Å². The number of pyridine rings is 1. The molecule has 23 heavy (non-hydrogen) atoms. The number of alkyl halides is 3. The molecule has 5 nitrogen and oxygen atoms in total. The first-order valence-electron chi connectivity index (χ1n) is 7.25. The second-order valence-electron chi connectivity index (χ2n) is 4.97. The highest BCUT2D eigenvalue weighted by Crippen LogP contribution is 2.29. The molecule has 0 saturated heterocycles. The molecular weight excluding hydrogens is 307 g/mol. The van der Waals surface area contributed by atoms with Gasteiger partial charge in [-0.2, -0.15) is 13.2 Å². The van der Waals surface area contributed by atoms with Gasteiger partial charge >= 0.3 is 6.18 Å². The van der Waals surface area contributed by atoms with Gasteiger partial charge in [-0.25, -0.2) is 15.0 Å². The standard InChI is InChI=1S/C15H18F3N5/c1-3-12(15(16,17)18)23(4-2)14-20-8-10(9-21-14)11-6-5-7-13(19)22-11/h5-9,12H,3-4H2,1-2H3,(H2,19,22). The van der Waals surface area contributed by atoms with E-state index in [1.807, 2.05) is 0 Å². The maximum atomic E-state index is 13.1. The third-order valence-electron chi connectivity index (χ3n) is 3.44. The van der Waals surface area contributed by atoms with Gasteiger partial charge in [-0.1, -0.05) is 13.0 Å². The number of nitrogens with two attached hydrogens (primary N) is 1. The molecule has 0 bridgehead atoms. The summed E-state index contributed by atoms with van der Waals surface area (Å²) in [6, 6.07) is 3.51. The monoisotopic (exact) mass is 325 g/mol. The summed E-state index contributed by atoms with van der Waals surface area (Å²) in [5.41, 5.74) is 6.78. The van der Waals surface area contributed by atoms with Crippen molar-refractivity contribution in [1.29, 1.82) is 0 Å². The molecule has 2 aromatic heterocycles. The minimum absolute atomic E-state index is 0.0457. The maximum Gasteiger partial charge on any atom is 0.408 e. The summed E-state index contributed by atoms with van der Waals surface area (Å²) in [5.74, 6) is 0.397. The molecule has 0 spiro atoms. The Morgan fingerprint density at radius 2 is 1.83 bits per heavy atom. The zero-order valence-electron chi connectivity index (χ0n) is 12.9. The van der Waals surface area contributed by atoms with Crippen LogP contribution in [0.3, 0.4) is 0 Å². The van der Waals surface area contributed by atoms with Crippen molar-refractivity contribution < 1.29 is 13.2 Å². The molecule has 124 valence electrons. The topological polar surface area (TPSA) is 67.9 Å². The molecule has 2 heterocycles. The van der Waals surface area contributed by atoms with E-state index in [0.29, 0.717) is 17.1 Å². The maximum absolute atomic E-state index is 13.1. The second-order valence-corrected chi connectivity index (χ2v) is 4.97. The van der Waals surface area contributed by atoms with Gasteiger partial charge in [0.25, 0.3) is 0 Å². The van der Waals surface area contributed by atoms with Crippen molar-refractivity contribution in [3.8, 4) is 11.3 Å². The molecule has 1 unspecified atom stereocenters. The van der Waals surface area contributed by atoms with Crippen LogP contribution in [-0.4, -0.2) is 33.7 Å². The number of hydrogen-bond acceptors (Lipinski definition) is 5. The van der Waals surface area contributed by atoms with Crippen molar-refractivity contribution in [2.24, 2.45) is 0 Å². The molecule has 1 atom stereocenters. The zero-order chi connectivity index (χ0) is 17.0. The number of nitrogen functional groups attached to an aromatic ring is 1. The predicted octanol–water partition coefficient (Wildman–Crippen LogP) is 3.29. The Morgan fingerprint density at radius 3 is 2.30 bits per heavy atom. The zero-order valence-corrected chi connectivity index (χ0v) is 12.9. The summed E-state index contributed by atoms with van der Waals surface area (Å²) in [5, 5.41) is 0. The largest absolute Gasteiger partial charge is 0.408 e. The normalized spacial score (nSPS) is 12.9. The van der Waals surface area contributed by atoms with Crippen molar-refractivity contribution >= 4 is 11.8 Å². The Hall–Kier alpha value is -2.38. The van der Waals surface area contributed by atoms with Crippen LogP contribution in [0.4, 0.5) is 24.9 Å². The van der Waals surface area contributed by atoms with Crippen molar-refractivity contribution in [2.45, 2.75) is 32.5 Å². The molecule has 0 aromatic carbocycles. The van der Waals surface area contributed by atoms with E-state index in [1.165, 1.54) is 19.3 Å². The van der Waals surface area contributed by atoms with Crippen LogP contribution in [0.2, 0.25) is 0 Å². The van der Waals surface area contributed by atoms with Gasteiger partial charge in [0.2, 0.25) is 5.95 Å². The smallest absolute Gasteiger partial charge is 0.384 e. The minimum atomic E-state index is -4.33. The number of aromatic nitrogens is 3. The van der Waals surface area contributed by atoms with Gasteiger partial charge < -0.3 is 10.6 Å². The van der Waals surface area contributed by atoms with Crippen LogP contribution < -0.4 is 10.6 Å². The van der Waals surface area contributed by atoms with Crippen LogP contribution in [0.5, 0.6) is 0 Å². The lowest BCUT2D eigenvalue weighted by molar-refractivity contribution is -0.149. The highest BCUT2D eigenvalue weighted by Gasteiger charge is 2.42. The van der Waals surface area contributed by atoms with Gasteiger partial charge in [0, 0.05) is 24.5 Å². The van der Waals surface area contributed by atoms with Crippen LogP contribution in [0.1, 0.15) is 20.3 Å². The minimum Gasteiger partial charge on any atom is -0.384 e. The summed E-state index contributed by atoms with van der Waals surface area (Å²) in [4.78, 5) is 13.4. The fourth-order valence-electron chi connectivity index (χ4n) is 2.34. The fraction of sp³-hybridized carbons (Fsp3) is 0.400. The van der Waals surface area contributed by atoms with Crippen molar-refractivity contribution in [3.63, 3.8) is 0 Å². The molecule has 0 aliphatic rings. The van der Waals surface area contributed by atoms with Gasteiger partial charge in [0.15, 0.2) is 0 Å². The lowest BCUT2D eigenvalue weighted by Crippen LogP contribution is -2.46. The first-order chi connectivity index (χ1) is 10.9. The quantitative estimate of drug-likeness (QED) is 0.913. The van der Waals surface area contributed by atoms with Gasteiger partial charge in [-0.3, -0.25) is 0 Å². The molecule has 0 aliphatic carbocycles. The highest BCUT2D eigenvalue weighted by atomic mass is 19.4. The van der Waals surface area contributed by atoms with Crippen molar-refractivity contribution in [3.05, 3.63) is 30.6 Å².